The Labute approximate surface area is 98.7 Å². The standard InChI is InChI=1S/C14H23NO/c1-11-6-8-14(9-7-11)13(3)15-12(2)5-4-10-16/h6-9,12-13,15-16H,4-5,10H2,1-3H3. The van der Waals surface area contributed by atoms with E-state index >= 15 is 0 Å². The molecule has 0 aliphatic heterocycles. The first-order valence-electron chi connectivity index (χ1n) is 6.07. The highest BCUT2D eigenvalue weighted by molar-refractivity contribution is 5.23. The summed E-state index contributed by atoms with van der Waals surface area (Å²) in [4.78, 5) is 0. The molecule has 90 valence electrons. The van der Waals surface area contributed by atoms with Gasteiger partial charge in [0, 0.05) is 18.7 Å². The molecule has 1 aromatic carbocycles. The third-order valence-corrected chi connectivity index (χ3v) is 2.91. The molecule has 0 aliphatic rings. The zero-order valence-corrected chi connectivity index (χ0v) is 10.5. The van der Waals surface area contributed by atoms with Crippen LogP contribution in [0.15, 0.2) is 24.3 Å². The van der Waals surface area contributed by atoms with E-state index in [0.29, 0.717) is 12.1 Å². The summed E-state index contributed by atoms with van der Waals surface area (Å²) in [5.41, 5.74) is 2.62. The number of hydrogen-bond acceptors (Lipinski definition) is 2. The van der Waals surface area contributed by atoms with Gasteiger partial charge in [0.1, 0.15) is 0 Å². The Balaban J connectivity index is 2.45. The van der Waals surface area contributed by atoms with Crippen molar-refractivity contribution in [1.82, 2.24) is 5.32 Å². The van der Waals surface area contributed by atoms with Crippen molar-refractivity contribution in [3.8, 4) is 0 Å². The normalized spacial score (nSPS) is 14.8. The summed E-state index contributed by atoms with van der Waals surface area (Å²) in [6.07, 6.45) is 1.89. The summed E-state index contributed by atoms with van der Waals surface area (Å²) in [5, 5.41) is 12.3. The number of aliphatic hydroxyl groups is 1. The largest absolute Gasteiger partial charge is 0.396 e. The highest BCUT2D eigenvalue weighted by atomic mass is 16.2. The van der Waals surface area contributed by atoms with Gasteiger partial charge in [0.15, 0.2) is 0 Å². The van der Waals surface area contributed by atoms with Crippen molar-refractivity contribution in [2.24, 2.45) is 0 Å². The van der Waals surface area contributed by atoms with Crippen LogP contribution < -0.4 is 5.32 Å². The quantitative estimate of drug-likeness (QED) is 0.774. The molecule has 2 heteroatoms. The van der Waals surface area contributed by atoms with E-state index in [0.717, 1.165) is 12.8 Å². The van der Waals surface area contributed by atoms with Crippen molar-refractivity contribution in [2.75, 3.05) is 6.61 Å². The molecule has 0 fully saturated rings. The summed E-state index contributed by atoms with van der Waals surface area (Å²) in [6, 6.07) is 9.45. The van der Waals surface area contributed by atoms with Gasteiger partial charge >= 0.3 is 0 Å². The summed E-state index contributed by atoms with van der Waals surface area (Å²) in [7, 11) is 0. The Morgan fingerprint density at radius 3 is 2.38 bits per heavy atom. The third kappa shape index (κ3) is 4.33. The van der Waals surface area contributed by atoms with Crippen LogP contribution in [0.4, 0.5) is 0 Å². The van der Waals surface area contributed by atoms with Crippen molar-refractivity contribution in [3.05, 3.63) is 35.4 Å². The second kappa shape index (κ2) is 6.66. The van der Waals surface area contributed by atoms with Gasteiger partial charge in [-0.25, -0.2) is 0 Å². The maximum Gasteiger partial charge on any atom is 0.0431 e. The Bertz CT molecular complexity index is 294. The molecular formula is C14H23NO. The number of hydrogen-bond donors (Lipinski definition) is 2. The fourth-order valence-corrected chi connectivity index (χ4v) is 1.86. The van der Waals surface area contributed by atoms with E-state index in [1.807, 2.05) is 0 Å². The highest BCUT2D eigenvalue weighted by Crippen LogP contribution is 2.14. The molecule has 1 aromatic rings. The van der Waals surface area contributed by atoms with Crippen LogP contribution in [0.1, 0.15) is 43.9 Å². The van der Waals surface area contributed by atoms with E-state index in [2.05, 4.69) is 50.4 Å². The first-order chi connectivity index (χ1) is 7.63. The van der Waals surface area contributed by atoms with Crippen LogP contribution in [0.25, 0.3) is 0 Å². The number of rotatable bonds is 6. The predicted molar refractivity (Wildman–Crippen MR) is 68.5 cm³/mol. The van der Waals surface area contributed by atoms with Crippen LogP contribution in [-0.2, 0) is 0 Å². The number of aryl methyl sites for hydroxylation is 1. The molecule has 16 heavy (non-hydrogen) atoms. The Morgan fingerprint density at radius 2 is 1.81 bits per heavy atom. The van der Waals surface area contributed by atoms with Crippen LogP contribution in [0, 0.1) is 6.92 Å². The van der Waals surface area contributed by atoms with Gasteiger partial charge < -0.3 is 10.4 Å². The Kier molecular flexibility index (Phi) is 5.50. The molecule has 0 bridgehead atoms. The first kappa shape index (κ1) is 13.2. The monoisotopic (exact) mass is 221 g/mol. The van der Waals surface area contributed by atoms with Gasteiger partial charge in [-0.1, -0.05) is 29.8 Å². The molecule has 0 aliphatic carbocycles. The molecule has 0 aromatic heterocycles. The van der Waals surface area contributed by atoms with Crippen molar-refractivity contribution < 1.29 is 5.11 Å². The highest BCUT2D eigenvalue weighted by Gasteiger charge is 2.08. The molecule has 1 rings (SSSR count). The summed E-state index contributed by atoms with van der Waals surface area (Å²) in [6.45, 7) is 6.73. The second-order valence-electron chi connectivity index (χ2n) is 4.57. The summed E-state index contributed by atoms with van der Waals surface area (Å²) >= 11 is 0. The van der Waals surface area contributed by atoms with E-state index < -0.39 is 0 Å². The van der Waals surface area contributed by atoms with Crippen molar-refractivity contribution >= 4 is 0 Å². The molecular weight excluding hydrogens is 198 g/mol. The van der Waals surface area contributed by atoms with Crippen molar-refractivity contribution in [3.63, 3.8) is 0 Å². The Morgan fingerprint density at radius 1 is 1.19 bits per heavy atom. The fourth-order valence-electron chi connectivity index (χ4n) is 1.86. The van der Waals surface area contributed by atoms with Gasteiger partial charge in [0.05, 0.1) is 0 Å². The van der Waals surface area contributed by atoms with E-state index in [1.165, 1.54) is 11.1 Å². The molecule has 0 spiro atoms. The third-order valence-electron chi connectivity index (χ3n) is 2.91. The lowest BCUT2D eigenvalue weighted by Crippen LogP contribution is -2.29. The maximum atomic E-state index is 8.77. The molecule has 2 atom stereocenters. The van der Waals surface area contributed by atoms with Crippen LogP contribution in [0.3, 0.4) is 0 Å². The van der Waals surface area contributed by atoms with Gasteiger partial charge in [0.2, 0.25) is 0 Å². The van der Waals surface area contributed by atoms with E-state index in [4.69, 9.17) is 5.11 Å². The lowest BCUT2D eigenvalue weighted by atomic mass is 10.0. The second-order valence-corrected chi connectivity index (χ2v) is 4.57. The smallest absolute Gasteiger partial charge is 0.0431 e. The van der Waals surface area contributed by atoms with Gasteiger partial charge in [-0.05, 0) is 39.2 Å². The van der Waals surface area contributed by atoms with Crippen molar-refractivity contribution in [2.45, 2.75) is 45.7 Å². The van der Waals surface area contributed by atoms with Gasteiger partial charge in [-0.15, -0.1) is 0 Å². The maximum absolute atomic E-state index is 8.77. The van der Waals surface area contributed by atoms with E-state index in [9.17, 15) is 0 Å². The molecule has 0 amide bonds. The lowest BCUT2D eigenvalue weighted by molar-refractivity contribution is 0.274. The van der Waals surface area contributed by atoms with Crippen LogP contribution in [0.5, 0.6) is 0 Å². The van der Waals surface area contributed by atoms with E-state index in [1.54, 1.807) is 0 Å². The molecule has 0 saturated carbocycles. The molecule has 2 unspecified atom stereocenters. The zero-order valence-electron chi connectivity index (χ0n) is 10.5. The van der Waals surface area contributed by atoms with Crippen LogP contribution in [0.2, 0.25) is 0 Å². The molecule has 0 saturated heterocycles. The van der Waals surface area contributed by atoms with E-state index in [-0.39, 0.29) is 6.61 Å². The lowest BCUT2D eigenvalue weighted by Gasteiger charge is -2.20. The number of nitrogens with one attached hydrogen (secondary N) is 1. The predicted octanol–water partition coefficient (Wildman–Crippen LogP) is 2.81. The summed E-state index contributed by atoms with van der Waals surface area (Å²) in [5.74, 6) is 0. The minimum Gasteiger partial charge on any atom is -0.396 e. The number of benzene rings is 1. The topological polar surface area (TPSA) is 32.3 Å². The SMILES string of the molecule is Cc1ccc(C(C)NC(C)CCCO)cc1. The first-order valence-corrected chi connectivity index (χ1v) is 6.07. The molecule has 0 radical (unpaired) electrons. The van der Waals surface area contributed by atoms with Gasteiger partial charge in [-0.3, -0.25) is 0 Å². The minimum atomic E-state index is 0.283. The number of aliphatic hydroxyl groups excluding tert-OH is 1. The average molecular weight is 221 g/mol. The summed E-state index contributed by atoms with van der Waals surface area (Å²) < 4.78 is 0. The van der Waals surface area contributed by atoms with Crippen molar-refractivity contribution in [1.29, 1.82) is 0 Å². The van der Waals surface area contributed by atoms with Gasteiger partial charge in [0.25, 0.3) is 0 Å². The minimum absolute atomic E-state index is 0.283. The van der Waals surface area contributed by atoms with Crippen LogP contribution in [-0.4, -0.2) is 17.8 Å². The molecule has 0 heterocycles. The Hall–Kier alpha value is -0.860. The molecule has 2 nitrogen and oxygen atoms in total. The van der Waals surface area contributed by atoms with Gasteiger partial charge in [-0.2, -0.15) is 0 Å². The molecule has 2 N–H and O–H groups in total. The average Bonchev–Trinajstić information content (AvgIpc) is 2.27. The van der Waals surface area contributed by atoms with Crippen LogP contribution >= 0.6 is 0 Å². The fraction of sp³-hybridized carbons (Fsp3) is 0.571. The zero-order chi connectivity index (χ0) is 12.0.